The molecule has 4 rings (SSSR count). The van der Waals surface area contributed by atoms with Crippen LogP contribution in [0, 0.1) is 16.7 Å². The number of nitriles is 1. The highest BCUT2D eigenvalue weighted by atomic mass is 16.3. The van der Waals surface area contributed by atoms with Crippen molar-refractivity contribution >= 4 is 17.7 Å². The summed E-state index contributed by atoms with van der Waals surface area (Å²) in [4.78, 5) is 22.6. The van der Waals surface area contributed by atoms with E-state index in [1.807, 2.05) is 4.90 Å². The molecular weight excluding hydrogens is 428 g/mol. The molecule has 180 valence electrons. The SMILES string of the molecule is CC1(C)C[C@H](Nc2nc(NCCc3ccc(CN4CCCC4=O)cc3)ncc2C#N)CC[C@@H]1O. The number of nitrogens with one attached hydrogen (secondary N) is 2. The van der Waals surface area contributed by atoms with Gasteiger partial charge in [-0.25, -0.2) is 4.98 Å². The summed E-state index contributed by atoms with van der Waals surface area (Å²) >= 11 is 0. The van der Waals surface area contributed by atoms with Gasteiger partial charge in [0.05, 0.1) is 12.3 Å². The number of hydrogen-bond donors (Lipinski definition) is 3. The van der Waals surface area contributed by atoms with Crippen molar-refractivity contribution in [3.05, 3.63) is 47.2 Å². The molecule has 1 aromatic heterocycles. The van der Waals surface area contributed by atoms with E-state index < -0.39 is 0 Å². The summed E-state index contributed by atoms with van der Waals surface area (Å²) in [6, 6.07) is 10.7. The van der Waals surface area contributed by atoms with Gasteiger partial charge in [-0.1, -0.05) is 38.1 Å². The number of likely N-dealkylation sites (tertiary alicyclic amines) is 1. The van der Waals surface area contributed by atoms with Gasteiger partial charge >= 0.3 is 0 Å². The molecule has 0 bridgehead atoms. The summed E-state index contributed by atoms with van der Waals surface area (Å²) in [6.45, 7) is 6.35. The maximum Gasteiger partial charge on any atom is 0.224 e. The molecule has 1 saturated heterocycles. The van der Waals surface area contributed by atoms with Crippen LogP contribution < -0.4 is 10.6 Å². The first-order valence-electron chi connectivity index (χ1n) is 12.2. The number of nitrogens with zero attached hydrogens (tertiary/aromatic N) is 4. The molecule has 1 saturated carbocycles. The number of carbonyl (C=O) groups excluding carboxylic acids is 1. The van der Waals surface area contributed by atoms with Crippen LogP contribution in [0.5, 0.6) is 0 Å². The summed E-state index contributed by atoms with van der Waals surface area (Å²) in [7, 11) is 0. The molecule has 34 heavy (non-hydrogen) atoms. The van der Waals surface area contributed by atoms with E-state index in [2.05, 4.69) is 64.8 Å². The maximum absolute atomic E-state index is 11.8. The predicted molar refractivity (Wildman–Crippen MR) is 131 cm³/mol. The number of aromatic nitrogens is 2. The molecule has 8 nitrogen and oxygen atoms in total. The van der Waals surface area contributed by atoms with Gasteiger partial charge < -0.3 is 20.6 Å². The third-order valence-corrected chi connectivity index (χ3v) is 6.98. The summed E-state index contributed by atoms with van der Waals surface area (Å²) in [5, 5.41) is 26.4. The topological polar surface area (TPSA) is 114 Å². The highest BCUT2D eigenvalue weighted by molar-refractivity contribution is 5.78. The first-order valence-corrected chi connectivity index (χ1v) is 12.2. The molecule has 2 aliphatic rings. The Bertz CT molecular complexity index is 1050. The van der Waals surface area contributed by atoms with Crippen LogP contribution in [0.4, 0.5) is 11.8 Å². The molecule has 3 N–H and O–H groups in total. The molecule has 8 heteroatoms. The van der Waals surface area contributed by atoms with Gasteiger partial charge in [0.25, 0.3) is 0 Å². The first-order chi connectivity index (χ1) is 16.3. The molecular formula is C26H34N6O2. The monoisotopic (exact) mass is 462 g/mol. The van der Waals surface area contributed by atoms with E-state index in [1.54, 1.807) is 6.20 Å². The van der Waals surface area contributed by atoms with Gasteiger partial charge in [0.1, 0.15) is 17.5 Å². The third-order valence-electron chi connectivity index (χ3n) is 6.98. The average Bonchev–Trinajstić information content (AvgIpc) is 3.22. The van der Waals surface area contributed by atoms with Crippen molar-refractivity contribution in [3.63, 3.8) is 0 Å². The van der Waals surface area contributed by atoms with E-state index in [4.69, 9.17) is 0 Å². The molecule has 2 fully saturated rings. The molecule has 1 aliphatic heterocycles. The second kappa shape index (κ2) is 10.4. The second-order valence-corrected chi connectivity index (χ2v) is 10.1. The smallest absolute Gasteiger partial charge is 0.224 e. The number of hydrogen-bond acceptors (Lipinski definition) is 7. The normalized spacial score (nSPS) is 21.8. The van der Waals surface area contributed by atoms with E-state index in [1.165, 1.54) is 5.56 Å². The highest BCUT2D eigenvalue weighted by Crippen LogP contribution is 2.37. The van der Waals surface area contributed by atoms with E-state index in [0.717, 1.165) is 44.2 Å². The zero-order valence-corrected chi connectivity index (χ0v) is 20.0. The molecule has 1 aliphatic carbocycles. The summed E-state index contributed by atoms with van der Waals surface area (Å²) in [5.41, 5.74) is 2.59. The van der Waals surface area contributed by atoms with E-state index in [0.29, 0.717) is 36.8 Å². The zero-order chi connectivity index (χ0) is 24.1. The lowest BCUT2D eigenvalue weighted by Gasteiger charge is -2.40. The Morgan fingerprint density at radius 2 is 2.00 bits per heavy atom. The number of anilines is 2. The van der Waals surface area contributed by atoms with E-state index in [-0.39, 0.29) is 23.5 Å². The van der Waals surface area contributed by atoms with Crippen LogP contribution in [0.25, 0.3) is 0 Å². The number of aliphatic hydroxyl groups is 1. The Hall–Kier alpha value is -3.18. The minimum Gasteiger partial charge on any atom is -0.393 e. The Labute approximate surface area is 201 Å². The Morgan fingerprint density at radius 1 is 1.24 bits per heavy atom. The van der Waals surface area contributed by atoms with Gasteiger partial charge in [-0.3, -0.25) is 4.79 Å². The number of aliphatic hydroxyl groups excluding tert-OH is 1. The zero-order valence-electron chi connectivity index (χ0n) is 20.0. The number of rotatable bonds is 8. The van der Waals surface area contributed by atoms with Crippen molar-refractivity contribution in [2.45, 2.75) is 71.1 Å². The van der Waals surface area contributed by atoms with Crippen molar-refractivity contribution in [2.24, 2.45) is 5.41 Å². The minimum absolute atomic E-state index is 0.155. The standard InChI is InChI=1S/C26H34N6O2/c1-26(2)14-21(9-10-22(26)33)30-24-20(15-27)16-29-25(31-24)28-12-11-18-5-7-19(8-6-18)17-32-13-3-4-23(32)34/h5-8,16,21-22,33H,3-4,9-14,17H2,1-2H3,(H2,28,29,30,31)/t21-,22+/m1/s1. The van der Waals surface area contributed by atoms with Crippen molar-refractivity contribution in [1.82, 2.24) is 14.9 Å². The molecule has 0 radical (unpaired) electrons. The predicted octanol–water partition coefficient (Wildman–Crippen LogP) is 3.48. The van der Waals surface area contributed by atoms with Crippen LogP contribution in [0.3, 0.4) is 0 Å². The van der Waals surface area contributed by atoms with Crippen molar-refractivity contribution in [3.8, 4) is 6.07 Å². The number of benzene rings is 1. The van der Waals surface area contributed by atoms with Crippen LogP contribution in [0.1, 0.15) is 62.6 Å². The van der Waals surface area contributed by atoms with E-state index >= 15 is 0 Å². The number of carbonyl (C=O) groups is 1. The van der Waals surface area contributed by atoms with Crippen molar-refractivity contribution < 1.29 is 9.90 Å². The van der Waals surface area contributed by atoms with Gasteiger partial charge in [-0.05, 0) is 48.6 Å². The van der Waals surface area contributed by atoms with Gasteiger partial charge in [0.15, 0.2) is 0 Å². The van der Waals surface area contributed by atoms with E-state index in [9.17, 15) is 15.2 Å². The summed E-state index contributed by atoms with van der Waals surface area (Å²) < 4.78 is 0. The molecule has 0 unspecified atom stereocenters. The number of amides is 1. The largest absolute Gasteiger partial charge is 0.393 e. The minimum atomic E-state index is -0.305. The molecule has 2 heterocycles. The van der Waals surface area contributed by atoms with Crippen molar-refractivity contribution in [2.75, 3.05) is 23.7 Å². The summed E-state index contributed by atoms with van der Waals surface area (Å²) in [5.74, 6) is 1.27. The van der Waals surface area contributed by atoms with Crippen LogP contribution in [-0.2, 0) is 17.8 Å². The lowest BCUT2D eigenvalue weighted by atomic mass is 9.73. The highest BCUT2D eigenvalue weighted by Gasteiger charge is 2.36. The lowest BCUT2D eigenvalue weighted by molar-refractivity contribution is -0.128. The van der Waals surface area contributed by atoms with Crippen molar-refractivity contribution in [1.29, 1.82) is 5.26 Å². The molecule has 1 amide bonds. The van der Waals surface area contributed by atoms with Gasteiger partial charge in [0, 0.05) is 32.1 Å². The fourth-order valence-electron chi connectivity index (χ4n) is 4.82. The Morgan fingerprint density at radius 3 is 2.68 bits per heavy atom. The van der Waals surface area contributed by atoms with Crippen LogP contribution in [0.15, 0.2) is 30.5 Å². The quantitative estimate of drug-likeness (QED) is 0.550. The van der Waals surface area contributed by atoms with Gasteiger partial charge in [-0.2, -0.15) is 10.2 Å². The molecule has 1 aromatic carbocycles. The van der Waals surface area contributed by atoms with Gasteiger partial charge in [-0.15, -0.1) is 0 Å². The van der Waals surface area contributed by atoms with Crippen LogP contribution in [0.2, 0.25) is 0 Å². The maximum atomic E-state index is 11.8. The molecule has 2 aromatic rings. The fraction of sp³-hybridized carbons (Fsp3) is 0.538. The lowest BCUT2D eigenvalue weighted by Crippen LogP contribution is -2.41. The first kappa shape index (κ1) is 24.0. The summed E-state index contributed by atoms with van der Waals surface area (Å²) in [6.07, 6.45) is 6.06. The second-order valence-electron chi connectivity index (χ2n) is 10.1. The molecule has 2 atom stereocenters. The van der Waals surface area contributed by atoms with Crippen LogP contribution in [-0.4, -0.2) is 51.1 Å². The molecule has 0 spiro atoms. The average molecular weight is 463 g/mol. The fourth-order valence-corrected chi connectivity index (χ4v) is 4.82. The third kappa shape index (κ3) is 5.84. The Balaban J connectivity index is 1.31. The van der Waals surface area contributed by atoms with Gasteiger partial charge in [0.2, 0.25) is 11.9 Å². The Kier molecular flexibility index (Phi) is 7.32. The van der Waals surface area contributed by atoms with Crippen LogP contribution >= 0.6 is 0 Å².